The van der Waals surface area contributed by atoms with Crippen LogP contribution in [0.2, 0.25) is 0 Å². The van der Waals surface area contributed by atoms with Crippen molar-refractivity contribution in [1.82, 2.24) is 30.1 Å². The molecule has 14 heteroatoms. The molecule has 14 nitrogen and oxygen atoms in total. The van der Waals surface area contributed by atoms with E-state index in [-0.39, 0.29) is 25.7 Å². The number of carbonyl (C=O) groups is 2. The molecular formula is C41H40N8O6. The first-order chi connectivity index (χ1) is 26.5. The monoisotopic (exact) mass is 740 g/mol. The van der Waals surface area contributed by atoms with Gasteiger partial charge in [-0.15, -0.1) is 12.8 Å². The largest absolute Gasteiger partial charge is 0.475 e. The van der Waals surface area contributed by atoms with Crippen LogP contribution in [0, 0.1) is 38.5 Å². The molecule has 4 aromatic heterocycles. The number of terminal acetylenes is 2. The Morgan fingerprint density at radius 3 is 1.93 bits per heavy atom. The molecule has 4 heterocycles. The van der Waals surface area contributed by atoms with Crippen molar-refractivity contribution in [3.05, 3.63) is 100 Å². The minimum absolute atomic E-state index is 0.193. The van der Waals surface area contributed by atoms with Crippen molar-refractivity contribution in [2.24, 2.45) is 14.1 Å². The number of benzene rings is 2. The number of rotatable bonds is 14. The maximum absolute atomic E-state index is 13.6. The van der Waals surface area contributed by atoms with Crippen molar-refractivity contribution < 1.29 is 29.1 Å². The number of anilines is 4. The SMILES string of the molecule is C#Cc1ccc(Nc2c(C(=O)NOC[C@H](O)COc3ccc4c(C(=O)NOCC)c(Nc5ccc(C#C)cc5C)n(C)c4n3)c3cccnc3n2C)c(C)c1. The topological polar surface area (TPSA) is 166 Å². The number of hydroxylamine groups is 2. The number of nitrogens with one attached hydrogen (secondary N) is 4. The molecule has 2 aromatic carbocycles. The van der Waals surface area contributed by atoms with Crippen LogP contribution in [0.5, 0.6) is 5.88 Å². The lowest BCUT2D eigenvalue weighted by Gasteiger charge is -2.15. The highest BCUT2D eigenvalue weighted by atomic mass is 16.7. The first-order valence-corrected chi connectivity index (χ1v) is 17.3. The Morgan fingerprint density at radius 1 is 0.800 bits per heavy atom. The van der Waals surface area contributed by atoms with Crippen molar-refractivity contribution in [3.63, 3.8) is 0 Å². The van der Waals surface area contributed by atoms with Gasteiger partial charge in [0.2, 0.25) is 5.88 Å². The van der Waals surface area contributed by atoms with Crippen LogP contribution in [0.3, 0.4) is 0 Å². The minimum Gasteiger partial charge on any atom is -0.475 e. The number of nitrogens with zero attached hydrogens (tertiary/aromatic N) is 4. The van der Waals surface area contributed by atoms with Gasteiger partial charge in [-0.05, 0) is 86.5 Å². The summed E-state index contributed by atoms with van der Waals surface area (Å²) >= 11 is 0. The van der Waals surface area contributed by atoms with Gasteiger partial charge in [0.25, 0.3) is 11.8 Å². The molecule has 280 valence electrons. The Kier molecular flexibility index (Phi) is 11.3. The summed E-state index contributed by atoms with van der Waals surface area (Å²) in [5.74, 6) is 5.39. The van der Waals surface area contributed by atoms with Crippen molar-refractivity contribution in [2.45, 2.75) is 26.9 Å². The Bertz CT molecular complexity index is 2510. The van der Waals surface area contributed by atoms with E-state index < -0.39 is 17.9 Å². The number of hydrogen-bond donors (Lipinski definition) is 5. The second-order valence-electron chi connectivity index (χ2n) is 12.6. The van der Waals surface area contributed by atoms with E-state index in [2.05, 4.69) is 43.4 Å². The second-order valence-corrected chi connectivity index (χ2v) is 12.6. The number of ether oxygens (including phenoxy) is 1. The van der Waals surface area contributed by atoms with Crippen LogP contribution < -0.4 is 26.3 Å². The number of aliphatic hydroxyl groups excluding tert-OH is 1. The van der Waals surface area contributed by atoms with Crippen LogP contribution in [0.25, 0.3) is 22.1 Å². The highest BCUT2D eigenvalue weighted by Crippen LogP contribution is 2.34. The third kappa shape index (κ3) is 7.93. The second kappa shape index (κ2) is 16.4. The van der Waals surface area contributed by atoms with Crippen LogP contribution in [0.15, 0.2) is 66.9 Å². The van der Waals surface area contributed by atoms with E-state index in [9.17, 15) is 14.7 Å². The van der Waals surface area contributed by atoms with Crippen molar-refractivity contribution in [2.75, 3.05) is 30.5 Å². The summed E-state index contributed by atoms with van der Waals surface area (Å²) in [7, 11) is 3.56. The summed E-state index contributed by atoms with van der Waals surface area (Å²) in [6, 6.07) is 17.9. The first kappa shape index (κ1) is 37.9. The van der Waals surface area contributed by atoms with Crippen LogP contribution in [0.1, 0.15) is 49.9 Å². The van der Waals surface area contributed by atoms with Crippen molar-refractivity contribution in [3.8, 4) is 30.6 Å². The number of hydrogen-bond acceptors (Lipinski definition) is 10. The lowest BCUT2D eigenvalue weighted by atomic mass is 10.1. The average molecular weight is 741 g/mol. The van der Waals surface area contributed by atoms with E-state index in [1.807, 2.05) is 50.2 Å². The number of fused-ring (bicyclic) bond motifs is 2. The molecule has 0 fully saturated rings. The molecule has 0 saturated heterocycles. The quantitative estimate of drug-likeness (QED) is 0.0730. The molecule has 55 heavy (non-hydrogen) atoms. The molecule has 0 unspecified atom stereocenters. The maximum atomic E-state index is 13.6. The van der Waals surface area contributed by atoms with Crippen LogP contribution >= 0.6 is 0 Å². The smallest absolute Gasteiger partial charge is 0.279 e. The van der Waals surface area contributed by atoms with Gasteiger partial charge in [-0.2, -0.15) is 4.98 Å². The molecule has 0 bridgehead atoms. The van der Waals surface area contributed by atoms with Gasteiger partial charge in [0.15, 0.2) is 0 Å². The molecule has 1 atom stereocenters. The van der Waals surface area contributed by atoms with Crippen molar-refractivity contribution in [1.29, 1.82) is 0 Å². The molecule has 0 aliphatic carbocycles. The Morgan fingerprint density at radius 2 is 1.36 bits per heavy atom. The molecule has 2 amide bonds. The van der Waals surface area contributed by atoms with Crippen molar-refractivity contribution >= 4 is 56.9 Å². The van der Waals surface area contributed by atoms with Gasteiger partial charge in [-0.3, -0.25) is 19.3 Å². The molecule has 6 rings (SSSR count). The van der Waals surface area contributed by atoms with E-state index in [1.165, 1.54) is 0 Å². The Hall–Kier alpha value is -6.84. The number of amides is 2. The summed E-state index contributed by atoms with van der Waals surface area (Å²) in [4.78, 5) is 46.6. The standard InChI is InChI=1S/C41H40N8O6/c1-8-26-13-16-31(24(4)20-26)43-38-34(29-12-11-19-42-36(29)48(38)6)41(52)47-55-23-28(50)22-53-33-18-15-30-35(40(51)46-54-10-3)39(49(7)37(30)45-33)44-32-17-14-27(9-2)21-25(32)5/h1-2,11-21,28,43-44,50H,10,22-23H2,3-7H3,(H,46,51)(H,47,52)/t28-/m1/s1. The van der Waals surface area contributed by atoms with Gasteiger partial charge in [0.1, 0.15) is 42.2 Å². The molecule has 0 radical (unpaired) electrons. The fourth-order valence-corrected chi connectivity index (χ4v) is 6.09. The van der Waals surface area contributed by atoms with E-state index in [4.69, 9.17) is 27.3 Å². The molecular weight excluding hydrogens is 701 g/mol. The minimum atomic E-state index is -1.14. The van der Waals surface area contributed by atoms with E-state index in [1.54, 1.807) is 60.6 Å². The van der Waals surface area contributed by atoms with Gasteiger partial charge in [-0.1, -0.05) is 11.8 Å². The molecule has 0 aliphatic rings. The zero-order valence-electron chi connectivity index (χ0n) is 31.0. The van der Waals surface area contributed by atoms with E-state index >= 15 is 0 Å². The number of aryl methyl sites for hydroxylation is 4. The Balaban J connectivity index is 1.14. The lowest BCUT2D eigenvalue weighted by molar-refractivity contribution is -0.0263. The number of pyridine rings is 2. The zero-order valence-corrected chi connectivity index (χ0v) is 31.0. The van der Waals surface area contributed by atoms with Crippen LogP contribution in [0.4, 0.5) is 23.0 Å². The molecule has 0 aliphatic heterocycles. The summed E-state index contributed by atoms with van der Waals surface area (Å²) in [6.07, 6.45) is 11.6. The molecule has 6 aromatic rings. The summed E-state index contributed by atoms with van der Waals surface area (Å²) in [5, 5.41) is 18.6. The average Bonchev–Trinajstić information content (AvgIpc) is 3.63. The highest BCUT2D eigenvalue weighted by Gasteiger charge is 2.25. The number of aromatic nitrogens is 4. The van der Waals surface area contributed by atoms with Crippen LogP contribution in [-0.4, -0.2) is 61.9 Å². The lowest BCUT2D eigenvalue weighted by Crippen LogP contribution is -2.31. The first-order valence-electron chi connectivity index (χ1n) is 17.3. The fourth-order valence-electron chi connectivity index (χ4n) is 6.09. The number of carbonyl (C=O) groups excluding carboxylic acids is 2. The highest BCUT2D eigenvalue weighted by molar-refractivity contribution is 6.12. The van der Waals surface area contributed by atoms with Crippen LogP contribution in [-0.2, 0) is 23.8 Å². The van der Waals surface area contributed by atoms with Gasteiger partial charge in [-0.25, -0.2) is 15.9 Å². The molecule has 0 saturated carbocycles. The van der Waals surface area contributed by atoms with Gasteiger partial charge >= 0.3 is 0 Å². The molecule has 5 N–H and O–H groups in total. The van der Waals surface area contributed by atoms with Gasteiger partial charge in [0.05, 0.1) is 17.7 Å². The molecule has 0 spiro atoms. The fraction of sp³-hybridized carbons (Fsp3) is 0.220. The summed E-state index contributed by atoms with van der Waals surface area (Å²) in [6.45, 7) is 5.37. The van der Waals surface area contributed by atoms with Gasteiger partial charge < -0.3 is 29.6 Å². The Labute approximate surface area is 317 Å². The third-order valence-corrected chi connectivity index (χ3v) is 8.87. The van der Waals surface area contributed by atoms with E-state index in [0.717, 1.165) is 33.6 Å². The number of aliphatic hydroxyl groups is 1. The van der Waals surface area contributed by atoms with Gasteiger partial charge in [0, 0.05) is 59.6 Å². The maximum Gasteiger partial charge on any atom is 0.279 e. The predicted molar refractivity (Wildman–Crippen MR) is 210 cm³/mol. The normalized spacial score (nSPS) is 11.5. The summed E-state index contributed by atoms with van der Waals surface area (Å²) < 4.78 is 9.33. The van der Waals surface area contributed by atoms with E-state index in [0.29, 0.717) is 44.8 Å². The third-order valence-electron chi connectivity index (χ3n) is 8.87. The zero-order chi connectivity index (χ0) is 39.2. The predicted octanol–water partition coefficient (Wildman–Crippen LogP) is 5.31. The summed E-state index contributed by atoms with van der Waals surface area (Å²) in [5.41, 5.74) is 11.3.